The Morgan fingerprint density at radius 1 is 1.50 bits per heavy atom. The zero-order chi connectivity index (χ0) is 9.71. The molecule has 2 aromatic rings. The van der Waals surface area contributed by atoms with Gasteiger partial charge in [-0.15, -0.1) is 0 Å². The van der Waals surface area contributed by atoms with Crippen LogP contribution in [-0.2, 0) is 0 Å². The van der Waals surface area contributed by atoms with Gasteiger partial charge < -0.3 is 4.42 Å². The van der Waals surface area contributed by atoms with Crippen molar-refractivity contribution >= 4 is 22.7 Å². The molecule has 3 rings (SSSR count). The SMILES string of the molecule is Cc1cc2ncc(C3CC3)c(Cl)c2o1. The van der Waals surface area contributed by atoms with Gasteiger partial charge in [-0.1, -0.05) is 11.6 Å². The Morgan fingerprint density at radius 3 is 3.00 bits per heavy atom. The number of rotatable bonds is 1. The number of fused-ring (bicyclic) bond motifs is 1. The average molecular weight is 208 g/mol. The van der Waals surface area contributed by atoms with E-state index < -0.39 is 0 Å². The Morgan fingerprint density at radius 2 is 2.29 bits per heavy atom. The van der Waals surface area contributed by atoms with E-state index in [1.807, 2.05) is 19.2 Å². The number of hydrogen-bond donors (Lipinski definition) is 0. The highest BCUT2D eigenvalue weighted by molar-refractivity contribution is 6.35. The summed E-state index contributed by atoms with van der Waals surface area (Å²) in [6.45, 7) is 1.91. The minimum Gasteiger partial charge on any atom is -0.458 e. The topological polar surface area (TPSA) is 26.0 Å². The van der Waals surface area contributed by atoms with Crippen LogP contribution in [0.4, 0.5) is 0 Å². The van der Waals surface area contributed by atoms with Crippen LogP contribution >= 0.6 is 11.6 Å². The molecule has 0 unspecified atom stereocenters. The molecule has 0 amide bonds. The third-order valence-electron chi connectivity index (χ3n) is 2.65. The highest BCUT2D eigenvalue weighted by atomic mass is 35.5. The summed E-state index contributed by atoms with van der Waals surface area (Å²) in [5.74, 6) is 1.48. The molecule has 1 aliphatic rings. The molecule has 2 nitrogen and oxygen atoms in total. The van der Waals surface area contributed by atoms with E-state index in [1.165, 1.54) is 12.8 Å². The molecule has 1 aliphatic carbocycles. The lowest BCUT2D eigenvalue weighted by Crippen LogP contribution is -1.84. The molecule has 2 heterocycles. The largest absolute Gasteiger partial charge is 0.458 e. The Bertz CT molecular complexity index is 499. The molecule has 1 saturated carbocycles. The standard InChI is InChI=1S/C11H10ClNO/c1-6-4-9-11(14-6)10(12)8(5-13-9)7-2-3-7/h4-5,7H,2-3H2,1H3. The lowest BCUT2D eigenvalue weighted by Gasteiger charge is -2.00. The Labute approximate surface area is 86.9 Å². The predicted octanol–water partition coefficient (Wildman–Crippen LogP) is 3.67. The van der Waals surface area contributed by atoms with Gasteiger partial charge in [0.05, 0.1) is 5.02 Å². The third-order valence-corrected chi connectivity index (χ3v) is 3.04. The van der Waals surface area contributed by atoms with Gasteiger partial charge in [0.2, 0.25) is 0 Å². The maximum absolute atomic E-state index is 6.26. The van der Waals surface area contributed by atoms with Crippen molar-refractivity contribution in [1.82, 2.24) is 4.98 Å². The highest BCUT2D eigenvalue weighted by Crippen LogP contribution is 2.44. The van der Waals surface area contributed by atoms with Crippen LogP contribution in [0, 0.1) is 6.92 Å². The van der Waals surface area contributed by atoms with Gasteiger partial charge in [0.1, 0.15) is 11.3 Å². The summed E-state index contributed by atoms with van der Waals surface area (Å²) in [5, 5.41) is 0.755. The summed E-state index contributed by atoms with van der Waals surface area (Å²) >= 11 is 6.26. The van der Waals surface area contributed by atoms with Crippen LogP contribution in [0.15, 0.2) is 16.7 Å². The number of pyridine rings is 1. The first-order chi connectivity index (χ1) is 6.75. The van der Waals surface area contributed by atoms with Crippen molar-refractivity contribution in [3.63, 3.8) is 0 Å². The van der Waals surface area contributed by atoms with Crippen molar-refractivity contribution < 1.29 is 4.42 Å². The molecule has 0 N–H and O–H groups in total. The van der Waals surface area contributed by atoms with Crippen molar-refractivity contribution in [2.75, 3.05) is 0 Å². The molecular weight excluding hydrogens is 198 g/mol. The van der Waals surface area contributed by atoms with Gasteiger partial charge >= 0.3 is 0 Å². The summed E-state index contributed by atoms with van der Waals surface area (Å²) in [5.41, 5.74) is 2.75. The van der Waals surface area contributed by atoms with Gasteiger partial charge in [-0.2, -0.15) is 0 Å². The molecule has 0 spiro atoms. The first-order valence-corrected chi connectivity index (χ1v) is 5.18. The molecule has 72 valence electrons. The number of halogens is 1. The van der Waals surface area contributed by atoms with Gasteiger partial charge in [-0.25, -0.2) is 0 Å². The number of hydrogen-bond acceptors (Lipinski definition) is 2. The van der Waals surface area contributed by atoms with Gasteiger partial charge in [0.25, 0.3) is 0 Å². The van der Waals surface area contributed by atoms with Crippen molar-refractivity contribution in [3.05, 3.63) is 28.6 Å². The zero-order valence-electron chi connectivity index (χ0n) is 7.88. The molecular formula is C11H10ClNO. The van der Waals surface area contributed by atoms with E-state index in [0.29, 0.717) is 5.92 Å². The number of aromatic nitrogens is 1. The van der Waals surface area contributed by atoms with Gasteiger partial charge in [-0.3, -0.25) is 4.98 Å². The van der Waals surface area contributed by atoms with Crippen molar-refractivity contribution in [3.8, 4) is 0 Å². The molecule has 0 aliphatic heterocycles. The molecule has 0 saturated heterocycles. The fourth-order valence-corrected chi connectivity index (χ4v) is 2.10. The first-order valence-electron chi connectivity index (χ1n) is 4.80. The average Bonchev–Trinajstić information content (AvgIpc) is 2.89. The van der Waals surface area contributed by atoms with Gasteiger partial charge in [0, 0.05) is 12.3 Å². The summed E-state index contributed by atoms with van der Waals surface area (Å²) in [4.78, 5) is 4.35. The summed E-state index contributed by atoms with van der Waals surface area (Å²) < 4.78 is 5.52. The smallest absolute Gasteiger partial charge is 0.171 e. The van der Waals surface area contributed by atoms with E-state index >= 15 is 0 Å². The second kappa shape index (κ2) is 2.74. The Hall–Kier alpha value is -1.02. The third kappa shape index (κ3) is 1.14. The van der Waals surface area contributed by atoms with Crippen LogP contribution in [-0.4, -0.2) is 4.98 Å². The normalized spacial score (nSPS) is 16.4. The van der Waals surface area contributed by atoms with Crippen LogP contribution in [0.3, 0.4) is 0 Å². The second-order valence-corrected chi connectivity index (χ2v) is 4.25. The monoisotopic (exact) mass is 207 g/mol. The fourth-order valence-electron chi connectivity index (χ4n) is 1.76. The van der Waals surface area contributed by atoms with Gasteiger partial charge in [0.15, 0.2) is 5.58 Å². The zero-order valence-corrected chi connectivity index (χ0v) is 8.64. The van der Waals surface area contributed by atoms with Crippen LogP contribution in [0.2, 0.25) is 5.02 Å². The van der Waals surface area contributed by atoms with Crippen LogP contribution in [0.1, 0.15) is 30.1 Å². The summed E-state index contributed by atoms with van der Waals surface area (Å²) in [6, 6.07) is 1.91. The molecule has 3 heteroatoms. The molecule has 0 bridgehead atoms. The number of aryl methyl sites for hydroxylation is 1. The van der Waals surface area contributed by atoms with Crippen molar-refractivity contribution in [2.24, 2.45) is 0 Å². The lowest BCUT2D eigenvalue weighted by atomic mass is 10.2. The van der Waals surface area contributed by atoms with Gasteiger partial charge in [-0.05, 0) is 31.2 Å². The fraction of sp³-hybridized carbons (Fsp3) is 0.364. The molecule has 14 heavy (non-hydrogen) atoms. The maximum atomic E-state index is 6.26. The minimum absolute atomic E-state index is 0.616. The minimum atomic E-state index is 0.616. The van der Waals surface area contributed by atoms with Crippen LogP contribution < -0.4 is 0 Å². The molecule has 1 fully saturated rings. The van der Waals surface area contributed by atoms with Crippen LogP contribution in [0.25, 0.3) is 11.1 Å². The van der Waals surface area contributed by atoms with E-state index in [9.17, 15) is 0 Å². The molecule has 0 radical (unpaired) electrons. The maximum Gasteiger partial charge on any atom is 0.171 e. The lowest BCUT2D eigenvalue weighted by molar-refractivity contribution is 0.578. The van der Waals surface area contributed by atoms with E-state index in [1.54, 1.807) is 0 Å². The van der Waals surface area contributed by atoms with E-state index in [-0.39, 0.29) is 0 Å². The highest BCUT2D eigenvalue weighted by Gasteiger charge is 2.27. The molecule has 0 aromatic carbocycles. The van der Waals surface area contributed by atoms with E-state index in [2.05, 4.69) is 4.98 Å². The van der Waals surface area contributed by atoms with Crippen LogP contribution in [0.5, 0.6) is 0 Å². The summed E-state index contributed by atoms with van der Waals surface area (Å²) in [7, 11) is 0. The van der Waals surface area contributed by atoms with E-state index in [4.69, 9.17) is 16.0 Å². The Kier molecular flexibility index (Phi) is 1.62. The number of nitrogens with zero attached hydrogens (tertiary/aromatic N) is 1. The van der Waals surface area contributed by atoms with Crippen molar-refractivity contribution in [1.29, 1.82) is 0 Å². The quantitative estimate of drug-likeness (QED) is 0.713. The number of furan rings is 1. The van der Waals surface area contributed by atoms with Crippen molar-refractivity contribution in [2.45, 2.75) is 25.7 Å². The summed E-state index contributed by atoms with van der Waals surface area (Å²) in [6.07, 6.45) is 4.34. The Balaban J connectivity index is 2.29. The second-order valence-electron chi connectivity index (χ2n) is 3.87. The molecule has 0 atom stereocenters. The predicted molar refractivity (Wildman–Crippen MR) is 55.7 cm³/mol. The first kappa shape index (κ1) is 8.30. The molecule has 2 aromatic heterocycles. The van der Waals surface area contributed by atoms with E-state index in [0.717, 1.165) is 27.4 Å².